The van der Waals surface area contributed by atoms with E-state index < -0.39 is 26.8 Å². The van der Waals surface area contributed by atoms with Gasteiger partial charge in [-0.1, -0.05) is 11.6 Å². The fourth-order valence-corrected chi connectivity index (χ4v) is 1.76. The van der Waals surface area contributed by atoms with Crippen molar-refractivity contribution < 1.29 is 9.85 Å². The fourth-order valence-electron chi connectivity index (χ4n) is 1.45. The Labute approximate surface area is 109 Å². The van der Waals surface area contributed by atoms with Gasteiger partial charge in [0.15, 0.2) is 0 Å². The molecule has 0 spiro atoms. The normalized spacial score (nSPS) is 17.4. The maximum Gasteiger partial charge on any atom is 0.348 e. The molecule has 0 fully saturated rings. The van der Waals surface area contributed by atoms with Crippen molar-refractivity contribution >= 4 is 41.0 Å². The van der Waals surface area contributed by atoms with Gasteiger partial charge in [-0.25, -0.2) is 4.99 Å². The van der Waals surface area contributed by atoms with Gasteiger partial charge in [-0.2, -0.15) is 0 Å². The van der Waals surface area contributed by atoms with Crippen LogP contribution < -0.4 is 10.6 Å². The molecule has 18 heavy (non-hydrogen) atoms. The van der Waals surface area contributed by atoms with Crippen molar-refractivity contribution in [3.8, 4) is 0 Å². The number of alkyl halides is 1. The van der Waals surface area contributed by atoms with Crippen LogP contribution in [0.2, 0.25) is 0 Å². The van der Waals surface area contributed by atoms with E-state index in [2.05, 4.69) is 4.99 Å². The molecular formula is C8H4Cl2N4O4. The first-order valence-corrected chi connectivity index (χ1v) is 5.28. The molecule has 1 unspecified atom stereocenters. The Hall–Kier alpha value is -1.93. The predicted molar refractivity (Wildman–Crippen MR) is 62.3 cm³/mol. The SMILES string of the molecule is O=[N+]([O-])c1cc2c(cc1[N+](=O)[O-])=NC(Cl)N(Cl)C=2. The molecule has 0 aromatic heterocycles. The molecule has 0 saturated carbocycles. The minimum Gasteiger partial charge on any atom is -0.258 e. The van der Waals surface area contributed by atoms with Gasteiger partial charge in [-0.05, 0) is 0 Å². The highest BCUT2D eigenvalue weighted by Gasteiger charge is 2.26. The molecule has 0 bridgehead atoms. The van der Waals surface area contributed by atoms with Crippen LogP contribution in [0.3, 0.4) is 0 Å². The Bertz CT molecular complexity index is 605. The number of hydrogen-bond acceptors (Lipinski definition) is 6. The van der Waals surface area contributed by atoms with Crippen LogP contribution >= 0.6 is 23.4 Å². The van der Waals surface area contributed by atoms with Gasteiger partial charge in [0.05, 0.1) is 15.2 Å². The predicted octanol–water partition coefficient (Wildman–Crippen LogP) is 0.852. The Morgan fingerprint density at radius 2 is 1.78 bits per heavy atom. The molecule has 0 N–H and O–H groups in total. The zero-order valence-corrected chi connectivity index (χ0v) is 10.00. The van der Waals surface area contributed by atoms with Crippen LogP contribution in [0, 0.1) is 20.2 Å². The van der Waals surface area contributed by atoms with Crippen LogP contribution in [0.15, 0.2) is 17.1 Å². The number of halogens is 2. The van der Waals surface area contributed by atoms with E-state index in [9.17, 15) is 20.2 Å². The summed E-state index contributed by atoms with van der Waals surface area (Å²) in [6, 6.07) is 2.04. The standard InChI is InChI=1S/C8H4Cl2N4O4/c9-8-11-5-2-7(14(17)18)6(13(15)16)1-4(5)3-12(8)10/h1-3,8H. The van der Waals surface area contributed by atoms with Gasteiger partial charge < -0.3 is 0 Å². The number of rotatable bonds is 2. The van der Waals surface area contributed by atoms with Gasteiger partial charge in [0.2, 0.25) is 5.62 Å². The molecular weight excluding hydrogens is 287 g/mol. The van der Waals surface area contributed by atoms with Gasteiger partial charge in [0.25, 0.3) is 0 Å². The van der Waals surface area contributed by atoms with Gasteiger partial charge in [0, 0.05) is 35.3 Å². The summed E-state index contributed by atoms with van der Waals surface area (Å²) in [5, 5.41) is 22.0. The Morgan fingerprint density at radius 3 is 2.33 bits per heavy atom. The average Bonchev–Trinajstić information content (AvgIpc) is 2.28. The lowest BCUT2D eigenvalue weighted by molar-refractivity contribution is -0.422. The van der Waals surface area contributed by atoms with Crippen LogP contribution in [0.5, 0.6) is 0 Å². The second-order valence-corrected chi connectivity index (χ2v) is 4.11. The topological polar surface area (TPSA) is 102 Å². The summed E-state index contributed by atoms with van der Waals surface area (Å²) >= 11 is 11.4. The van der Waals surface area contributed by atoms with E-state index >= 15 is 0 Å². The first-order chi connectivity index (χ1) is 8.40. The van der Waals surface area contributed by atoms with Gasteiger partial charge >= 0.3 is 11.4 Å². The molecule has 1 atom stereocenters. The highest BCUT2D eigenvalue weighted by atomic mass is 35.5. The zero-order valence-electron chi connectivity index (χ0n) is 8.49. The third-order valence-electron chi connectivity index (χ3n) is 2.23. The van der Waals surface area contributed by atoms with E-state index in [1.807, 2.05) is 0 Å². The maximum absolute atomic E-state index is 10.7. The second-order valence-electron chi connectivity index (χ2n) is 3.33. The van der Waals surface area contributed by atoms with E-state index in [-0.39, 0.29) is 5.36 Å². The maximum atomic E-state index is 10.7. The molecule has 1 heterocycles. The monoisotopic (exact) mass is 290 g/mol. The Balaban J connectivity index is 2.79. The average molecular weight is 291 g/mol. The summed E-state index contributed by atoms with van der Waals surface area (Å²) in [4.78, 5) is 23.7. The number of nitrogens with zero attached hydrogens (tertiary/aromatic N) is 4. The van der Waals surface area contributed by atoms with E-state index in [0.717, 1.165) is 16.6 Å². The van der Waals surface area contributed by atoms with Crippen LogP contribution in [0.25, 0.3) is 6.20 Å². The number of hydrogen-bond donors (Lipinski definition) is 0. The van der Waals surface area contributed by atoms with Crippen LogP contribution in [-0.2, 0) is 0 Å². The lowest BCUT2D eigenvalue weighted by Gasteiger charge is -2.16. The second kappa shape index (κ2) is 4.39. The first-order valence-electron chi connectivity index (χ1n) is 4.51. The Kier molecular flexibility index (Phi) is 3.05. The van der Waals surface area contributed by atoms with Crippen molar-refractivity contribution in [3.05, 3.63) is 42.9 Å². The molecule has 1 aliphatic heterocycles. The lowest BCUT2D eigenvalue weighted by Crippen LogP contribution is -2.36. The van der Waals surface area contributed by atoms with Crippen molar-refractivity contribution in [1.29, 1.82) is 0 Å². The van der Waals surface area contributed by atoms with Gasteiger partial charge in [0.1, 0.15) is 0 Å². The third kappa shape index (κ3) is 2.07. The van der Waals surface area contributed by atoms with Crippen molar-refractivity contribution in [1.82, 2.24) is 4.42 Å². The van der Waals surface area contributed by atoms with E-state index in [4.69, 9.17) is 23.4 Å². The largest absolute Gasteiger partial charge is 0.348 e. The van der Waals surface area contributed by atoms with Crippen molar-refractivity contribution in [2.75, 3.05) is 0 Å². The molecule has 0 saturated heterocycles. The molecule has 2 rings (SSSR count). The summed E-state index contributed by atoms with van der Waals surface area (Å²) < 4.78 is 1.01. The van der Waals surface area contributed by atoms with Gasteiger partial charge in [-0.3, -0.25) is 24.6 Å². The number of fused-ring (bicyclic) bond motifs is 1. The highest BCUT2D eigenvalue weighted by molar-refractivity contribution is 6.26. The summed E-state index contributed by atoms with van der Waals surface area (Å²) in [5.41, 5.74) is -2.17. The highest BCUT2D eigenvalue weighted by Crippen LogP contribution is 2.23. The van der Waals surface area contributed by atoms with E-state index in [0.29, 0.717) is 5.22 Å². The van der Waals surface area contributed by atoms with Crippen molar-refractivity contribution in [3.63, 3.8) is 0 Å². The van der Waals surface area contributed by atoms with Gasteiger partial charge in [-0.15, -0.1) is 0 Å². The van der Waals surface area contributed by atoms with E-state index in [1.54, 1.807) is 0 Å². The molecule has 1 aliphatic rings. The molecule has 1 aromatic rings. The number of benzene rings is 1. The van der Waals surface area contributed by atoms with E-state index in [1.165, 1.54) is 6.20 Å². The Morgan fingerprint density at radius 1 is 1.22 bits per heavy atom. The summed E-state index contributed by atoms with van der Waals surface area (Å²) in [7, 11) is 0. The summed E-state index contributed by atoms with van der Waals surface area (Å²) in [6.07, 6.45) is 1.32. The first kappa shape index (κ1) is 12.5. The molecule has 8 nitrogen and oxygen atoms in total. The number of nitro benzene ring substituents is 2. The summed E-state index contributed by atoms with van der Waals surface area (Å²) in [5.74, 6) is 0. The molecule has 10 heteroatoms. The minimum absolute atomic E-state index is 0.184. The van der Waals surface area contributed by atoms with Crippen molar-refractivity contribution in [2.24, 2.45) is 4.99 Å². The minimum atomic E-state index is -0.916. The molecule has 0 aliphatic carbocycles. The fraction of sp³-hybridized carbons (Fsp3) is 0.125. The molecule has 94 valence electrons. The van der Waals surface area contributed by atoms with Crippen molar-refractivity contribution in [2.45, 2.75) is 5.62 Å². The molecule has 0 amide bonds. The number of nitro groups is 2. The smallest absolute Gasteiger partial charge is 0.258 e. The lowest BCUT2D eigenvalue weighted by atomic mass is 10.2. The van der Waals surface area contributed by atoms with Crippen LogP contribution in [0.1, 0.15) is 0 Å². The molecule has 1 aromatic carbocycles. The van der Waals surface area contributed by atoms with Crippen LogP contribution in [-0.4, -0.2) is 19.9 Å². The van der Waals surface area contributed by atoms with Crippen LogP contribution in [0.4, 0.5) is 11.4 Å². The summed E-state index contributed by atoms with van der Waals surface area (Å²) in [6.45, 7) is 0. The third-order valence-corrected chi connectivity index (χ3v) is 2.92. The molecule has 0 radical (unpaired) electrons. The quantitative estimate of drug-likeness (QED) is 0.264. The zero-order chi connectivity index (χ0) is 13.4.